The first-order chi connectivity index (χ1) is 9.70. The molecule has 0 radical (unpaired) electrons. The Morgan fingerprint density at radius 2 is 2.20 bits per heavy atom. The third kappa shape index (κ3) is 3.95. The Morgan fingerprint density at radius 1 is 1.45 bits per heavy atom. The minimum atomic E-state index is -0.451. The second-order valence-electron chi connectivity index (χ2n) is 4.35. The van der Waals surface area contributed by atoms with E-state index in [4.69, 9.17) is 5.84 Å². The lowest BCUT2D eigenvalue weighted by Crippen LogP contribution is -2.36. The van der Waals surface area contributed by atoms with Gasteiger partial charge in [0.1, 0.15) is 5.82 Å². The largest absolute Gasteiger partial charge is 0.363 e. The first-order valence-electron chi connectivity index (χ1n) is 6.36. The number of nitrogens with two attached hydrogens (primary N) is 1. The van der Waals surface area contributed by atoms with Gasteiger partial charge in [-0.2, -0.15) is 11.8 Å². The standard InChI is InChI=1S/C11H18N6O2S/c12-15-10-2-1-9(17(18)19)11(14-10)13-3-4-16-5-7-20-8-6-16/h1-2H,3-8,12H2,(H2,13,14,15). The molecule has 1 fully saturated rings. The summed E-state index contributed by atoms with van der Waals surface area (Å²) in [5.41, 5.74) is 2.34. The van der Waals surface area contributed by atoms with Gasteiger partial charge in [0.2, 0.25) is 5.82 Å². The summed E-state index contributed by atoms with van der Waals surface area (Å²) in [4.78, 5) is 16.9. The summed E-state index contributed by atoms with van der Waals surface area (Å²) < 4.78 is 0. The second-order valence-corrected chi connectivity index (χ2v) is 5.57. The van der Waals surface area contributed by atoms with Crippen molar-refractivity contribution in [2.24, 2.45) is 5.84 Å². The van der Waals surface area contributed by atoms with Crippen LogP contribution in [0, 0.1) is 10.1 Å². The fourth-order valence-electron chi connectivity index (χ4n) is 1.97. The molecule has 1 aromatic rings. The molecule has 1 aliphatic rings. The normalized spacial score (nSPS) is 15.8. The van der Waals surface area contributed by atoms with Crippen LogP contribution in [0.5, 0.6) is 0 Å². The molecule has 0 bridgehead atoms. The molecule has 0 amide bonds. The Bertz CT molecular complexity index is 466. The number of hydrogen-bond donors (Lipinski definition) is 3. The molecule has 1 aliphatic heterocycles. The van der Waals surface area contributed by atoms with Gasteiger partial charge in [0.05, 0.1) is 4.92 Å². The highest BCUT2D eigenvalue weighted by molar-refractivity contribution is 7.99. The number of nitrogens with zero attached hydrogens (tertiary/aromatic N) is 3. The Morgan fingerprint density at radius 3 is 2.85 bits per heavy atom. The molecular weight excluding hydrogens is 280 g/mol. The highest BCUT2D eigenvalue weighted by Gasteiger charge is 2.16. The van der Waals surface area contributed by atoms with Crippen LogP contribution in [0.1, 0.15) is 0 Å². The van der Waals surface area contributed by atoms with Crippen molar-refractivity contribution in [3.05, 3.63) is 22.2 Å². The summed E-state index contributed by atoms with van der Waals surface area (Å²) in [6.45, 7) is 3.59. The SMILES string of the molecule is NNc1ccc([N+](=O)[O-])c(NCCN2CCSCC2)n1. The van der Waals surface area contributed by atoms with Crippen molar-refractivity contribution in [1.82, 2.24) is 9.88 Å². The lowest BCUT2D eigenvalue weighted by Gasteiger charge is -2.26. The van der Waals surface area contributed by atoms with Crippen molar-refractivity contribution >= 4 is 29.1 Å². The van der Waals surface area contributed by atoms with Crippen LogP contribution >= 0.6 is 11.8 Å². The monoisotopic (exact) mass is 298 g/mol. The zero-order chi connectivity index (χ0) is 14.4. The topological polar surface area (TPSA) is 109 Å². The summed E-state index contributed by atoms with van der Waals surface area (Å²) in [5.74, 6) is 8.20. The molecule has 2 heterocycles. The lowest BCUT2D eigenvalue weighted by atomic mass is 10.3. The predicted octanol–water partition coefficient (Wildman–Crippen LogP) is 0.736. The molecule has 1 aromatic heterocycles. The van der Waals surface area contributed by atoms with E-state index in [0.717, 1.165) is 31.1 Å². The summed E-state index contributed by atoms with van der Waals surface area (Å²) in [7, 11) is 0. The van der Waals surface area contributed by atoms with Crippen LogP contribution in [0.3, 0.4) is 0 Å². The maximum Gasteiger partial charge on any atom is 0.311 e. The average Bonchev–Trinajstić information content (AvgIpc) is 2.48. The summed E-state index contributed by atoms with van der Waals surface area (Å²) in [5, 5.41) is 14.0. The van der Waals surface area contributed by atoms with Crippen LogP contribution in [-0.2, 0) is 0 Å². The van der Waals surface area contributed by atoms with Gasteiger partial charge in [-0.05, 0) is 6.07 Å². The number of hydrogen-bond acceptors (Lipinski definition) is 8. The highest BCUT2D eigenvalue weighted by atomic mass is 32.2. The van der Waals surface area contributed by atoms with Gasteiger partial charge in [-0.1, -0.05) is 0 Å². The third-order valence-corrected chi connectivity index (χ3v) is 3.99. The lowest BCUT2D eigenvalue weighted by molar-refractivity contribution is -0.384. The Kier molecular flexibility index (Phi) is 5.39. The van der Waals surface area contributed by atoms with Crippen LogP contribution < -0.4 is 16.6 Å². The Balaban J connectivity index is 1.94. The zero-order valence-electron chi connectivity index (χ0n) is 11.0. The number of anilines is 2. The predicted molar refractivity (Wildman–Crippen MR) is 81.0 cm³/mol. The van der Waals surface area contributed by atoms with E-state index in [1.54, 1.807) is 0 Å². The summed E-state index contributed by atoms with van der Waals surface area (Å²) >= 11 is 1.95. The molecule has 8 nitrogen and oxygen atoms in total. The molecule has 20 heavy (non-hydrogen) atoms. The van der Waals surface area contributed by atoms with Crippen molar-refractivity contribution in [3.63, 3.8) is 0 Å². The fraction of sp³-hybridized carbons (Fsp3) is 0.545. The van der Waals surface area contributed by atoms with Gasteiger partial charge in [-0.3, -0.25) is 15.0 Å². The van der Waals surface area contributed by atoms with E-state index in [-0.39, 0.29) is 11.5 Å². The van der Waals surface area contributed by atoms with E-state index in [1.807, 2.05) is 11.8 Å². The number of thioether (sulfide) groups is 1. The fourth-order valence-corrected chi connectivity index (χ4v) is 2.95. The van der Waals surface area contributed by atoms with Crippen molar-refractivity contribution in [2.45, 2.75) is 0 Å². The molecule has 1 saturated heterocycles. The van der Waals surface area contributed by atoms with Crippen LogP contribution in [0.2, 0.25) is 0 Å². The number of nitrogens with one attached hydrogen (secondary N) is 2. The molecule has 4 N–H and O–H groups in total. The maximum atomic E-state index is 10.9. The Labute approximate surface area is 121 Å². The molecule has 0 saturated carbocycles. The highest BCUT2D eigenvalue weighted by Crippen LogP contribution is 2.23. The molecule has 0 aromatic carbocycles. The number of rotatable bonds is 6. The van der Waals surface area contributed by atoms with Gasteiger partial charge in [-0.15, -0.1) is 0 Å². The van der Waals surface area contributed by atoms with E-state index in [0.29, 0.717) is 12.4 Å². The maximum absolute atomic E-state index is 10.9. The minimum absolute atomic E-state index is 0.0433. The zero-order valence-corrected chi connectivity index (χ0v) is 11.9. The van der Waals surface area contributed by atoms with Crippen molar-refractivity contribution in [3.8, 4) is 0 Å². The second kappa shape index (κ2) is 7.27. The van der Waals surface area contributed by atoms with Gasteiger partial charge >= 0.3 is 5.69 Å². The van der Waals surface area contributed by atoms with Crippen LogP contribution in [0.4, 0.5) is 17.3 Å². The van der Waals surface area contributed by atoms with Gasteiger partial charge in [0, 0.05) is 43.8 Å². The molecule has 0 unspecified atom stereocenters. The molecule has 9 heteroatoms. The van der Waals surface area contributed by atoms with Crippen molar-refractivity contribution in [1.29, 1.82) is 0 Å². The third-order valence-electron chi connectivity index (χ3n) is 3.04. The van der Waals surface area contributed by atoms with E-state index < -0.39 is 4.92 Å². The van der Waals surface area contributed by atoms with Crippen LogP contribution in [0.15, 0.2) is 12.1 Å². The number of aromatic nitrogens is 1. The van der Waals surface area contributed by atoms with Gasteiger partial charge in [0.25, 0.3) is 0 Å². The van der Waals surface area contributed by atoms with E-state index >= 15 is 0 Å². The molecule has 110 valence electrons. The number of nitro groups is 1. The first kappa shape index (κ1) is 14.8. The number of nitrogen functional groups attached to an aromatic ring is 1. The molecular formula is C11H18N6O2S. The molecule has 0 spiro atoms. The minimum Gasteiger partial charge on any atom is -0.363 e. The van der Waals surface area contributed by atoms with Gasteiger partial charge in [-0.25, -0.2) is 10.8 Å². The quantitative estimate of drug-likeness (QED) is 0.401. The van der Waals surface area contributed by atoms with Crippen molar-refractivity contribution in [2.75, 3.05) is 48.4 Å². The van der Waals surface area contributed by atoms with E-state index in [2.05, 4.69) is 20.6 Å². The molecule has 2 rings (SSSR count). The summed E-state index contributed by atoms with van der Waals surface area (Å²) in [6, 6.07) is 2.87. The van der Waals surface area contributed by atoms with Gasteiger partial charge in [0.15, 0.2) is 0 Å². The smallest absolute Gasteiger partial charge is 0.311 e. The number of hydrazine groups is 1. The van der Waals surface area contributed by atoms with Gasteiger partial charge < -0.3 is 10.7 Å². The average molecular weight is 298 g/mol. The Hall–Kier alpha value is -1.58. The van der Waals surface area contributed by atoms with E-state index in [1.165, 1.54) is 12.1 Å². The molecule has 0 aliphatic carbocycles. The van der Waals surface area contributed by atoms with Crippen LogP contribution in [0.25, 0.3) is 0 Å². The molecule has 0 atom stereocenters. The van der Waals surface area contributed by atoms with Crippen LogP contribution in [-0.4, -0.2) is 52.5 Å². The number of pyridine rings is 1. The van der Waals surface area contributed by atoms with Crippen molar-refractivity contribution < 1.29 is 4.92 Å². The van der Waals surface area contributed by atoms with E-state index in [9.17, 15) is 10.1 Å². The first-order valence-corrected chi connectivity index (χ1v) is 7.52. The summed E-state index contributed by atoms with van der Waals surface area (Å²) in [6.07, 6.45) is 0.